The van der Waals surface area contributed by atoms with Crippen LogP contribution in [0.1, 0.15) is 33.4 Å². The van der Waals surface area contributed by atoms with Crippen molar-refractivity contribution >= 4 is 11.4 Å². The van der Waals surface area contributed by atoms with E-state index >= 15 is 0 Å². The molecule has 0 saturated heterocycles. The van der Waals surface area contributed by atoms with Gasteiger partial charge < -0.3 is 16.0 Å². The largest absolute Gasteiger partial charge is 0.339 e. The van der Waals surface area contributed by atoms with E-state index in [-0.39, 0.29) is 0 Å². The molecule has 0 fully saturated rings. The molecule has 2 rings (SSSR count). The first-order valence-corrected chi connectivity index (χ1v) is 9.19. The predicted molar refractivity (Wildman–Crippen MR) is 110 cm³/mol. The van der Waals surface area contributed by atoms with Crippen LogP contribution in [0.25, 0.3) is 0 Å². The van der Waals surface area contributed by atoms with Crippen LogP contribution >= 0.6 is 0 Å². The fraction of sp³-hybridized carbons (Fsp3) is 0.455. The monoisotopic (exact) mass is 339 g/mol. The minimum absolute atomic E-state index is 0.672. The van der Waals surface area contributed by atoms with Crippen molar-refractivity contribution < 1.29 is 0 Å². The Morgan fingerprint density at radius 3 is 1.48 bits per heavy atom. The minimum atomic E-state index is 0.672. The number of hydrogen-bond acceptors (Lipinski definition) is 3. The minimum Gasteiger partial charge on any atom is -0.339 e. The lowest BCUT2D eigenvalue weighted by atomic mass is 9.99. The molecule has 2 aromatic carbocycles. The van der Waals surface area contributed by atoms with Crippen LogP contribution in [-0.4, -0.2) is 26.2 Å². The number of rotatable bonds is 7. The van der Waals surface area contributed by atoms with Crippen molar-refractivity contribution in [1.82, 2.24) is 5.32 Å². The fourth-order valence-corrected chi connectivity index (χ4v) is 3.95. The zero-order valence-electron chi connectivity index (χ0n) is 16.7. The van der Waals surface area contributed by atoms with Crippen LogP contribution in [0.3, 0.4) is 0 Å². The smallest absolute Gasteiger partial charge is 0.0470 e. The Kier molecular flexibility index (Phi) is 6.63. The Bertz CT molecular complexity index is 631. The number of hydrogen-bond donors (Lipinski definition) is 2. The maximum absolute atomic E-state index is 5.62. The maximum Gasteiger partial charge on any atom is 0.0470 e. The van der Waals surface area contributed by atoms with Crippen LogP contribution in [0.4, 0.5) is 11.4 Å². The fourth-order valence-electron chi connectivity index (χ4n) is 3.95. The predicted octanol–water partition coefficient (Wildman–Crippen LogP) is 4.22. The number of nitrogens with one attached hydrogen (secondary N) is 1. The molecule has 0 aromatic heterocycles. The van der Waals surface area contributed by atoms with Gasteiger partial charge in [-0.2, -0.15) is 0 Å². The Balaban J connectivity index is 2.52. The summed E-state index contributed by atoms with van der Waals surface area (Å²) in [5.41, 5.74) is 16.2. The Hall–Kier alpha value is -1.84. The third-order valence-electron chi connectivity index (χ3n) is 4.64. The molecule has 0 aliphatic carbocycles. The average Bonchev–Trinajstić information content (AvgIpc) is 2.48. The van der Waals surface area contributed by atoms with E-state index < -0.39 is 0 Å². The molecule has 0 unspecified atom stereocenters. The number of nitrogens with two attached hydrogens (primary N) is 1. The van der Waals surface area contributed by atoms with Crippen LogP contribution in [-0.2, 0) is 0 Å². The molecule has 0 heterocycles. The summed E-state index contributed by atoms with van der Waals surface area (Å²) in [4.78, 5) is 2.48. The maximum atomic E-state index is 5.62. The van der Waals surface area contributed by atoms with Gasteiger partial charge in [0.15, 0.2) is 0 Å². The van der Waals surface area contributed by atoms with Gasteiger partial charge in [-0.15, -0.1) is 0 Å². The lowest BCUT2D eigenvalue weighted by Gasteiger charge is -2.32. The highest BCUT2D eigenvalue weighted by molar-refractivity contribution is 5.74. The van der Waals surface area contributed by atoms with Gasteiger partial charge in [-0.25, -0.2) is 0 Å². The van der Waals surface area contributed by atoms with E-state index in [1.54, 1.807) is 0 Å². The second kappa shape index (κ2) is 8.50. The Morgan fingerprint density at radius 1 is 0.720 bits per heavy atom. The average molecular weight is 340 g/mol. The number of aryl methyl sites for hydroxylation is 6. The third-order valence-corrected chi connectivity index (χ3v) is 4.64. The molecule has 0 bridgehead atoms. The number of anilines is 2. The third kappa shape index (κ3) is 4.62. The van der Waals surface area contributed by atoms with Crippen molar-refractivity contribution in [2.24, 2.45) is 5.73 Å². The summed E-state index contributed by atoms with van der Waals surface area (Å²) in [6, 6.07) is 9.12. The van der Waals surface area contributed by atoms with Gasteiger partial charge in [0, 0.05) is 37.6 Å². The van der Waals surface area contributed by atoms with E-state index in [0.29, 0.717) is 6.54 Å². The van der Waals surface area contributed by atoms with Gasteiger partial charge in [0.1, 0.15) is 0 Å². The summed E-state index contributed by atoms with van der Waals surface area (Å²) in [6.45, 7) is 16.6. The zero-order chi connectivity index (χ0) is 18.6. The molecule has 0 amide bonds. The van der Waals surface area contributed by atoms with E-state index in [0.717, 1.165) is 19.6 Å². The molecule has 0 aliphatic heterocycles. The quantitative estimate of drug-likeness (QED) is 0.742. The first-order chi connectivity index (χ1) is 11.8. The summed E-state index contributed by atoms with van der Waals surface area (Å²) in [5.74, 6) is 0. The summed E-state index contributed by atoms with van der Waals surface area (Å²) < 4.78 is 0. The van der Waals surface area contributed by atoms with Crippen molar-refractivity contribution in [1.29, 1.82) is 0 Å². The van der Waals surface area contributed by atoms with E-state index in [4.69, 9.17) is 5.73 Å². The molecule has 0 aliphatic rings. The van der Waals surface area contributed by atoms with Gasteiger partial charge in [-0.1, -0.05) is 35.4 Å². The van der Waals surface area contributed by atoms with Gasteiger partial charge in [0.25, 0.3) is 0 Å². The first-order valence-electron chi connectivity index (χ1n) is 9.19. The van der Waals surface area contributed by atoms with Crippen LogP contribution in [0.15, 0.2) is 24.3 Å². The van der Waals surface area contributed by atoms with Gasteiger partial charge in [0.2, 0.25) is 0 Å². The molecule has 3 nitrogen and oxygen atoms in total. The summed E-state index contributed by atoms with van der Waals surface area (Å²) in [6.07, 6.45) is 0. The topological polar surface area (TPSA) is 41.3 Å². The molecule has 0 atom stereocenters. The highest BCUT2D eigenvalue weighted by Gasteiger charge is 2.18. The van der Waals surface area contributed by atoms with Crippen molar-refractivity contribution in [3.05, 3.63) is 57.6 Å². The molecule has 0 spiro atoms. The van der Waals surface area contributed by atoms with E-state index in [1.807, 2.05) is 0 Å². The van der Waals surface area contributed by atoms with Crippen molar-refractivity contribution in [3.8, 4) is 0 Å². The highest BCUT2D eigenvalue weighted by atomic mass is 15.2. The lowest BCUT2D eigenvalue weighted by Crippen LogP contribution is -2.33. The highest BCUT2D eigenvalue weighted by Crippen LogP contribution is 2.36. The van der Waals surface area contributed by atoms with Gasteiger partial charge in [-0.3, -0.25) is 0 Å². The number of nitrogens with zero attached hydrogens (tertiary/aromatic N) is 1. The van der Waals surface area contributed by atoms with Gasteiger partial charge in [-0.05, 0) is 63.8 Å². The van der Waals surface area contributed by atoms with Crippen LogP contribution in [0, 0.1) is 41.5 Å². The Labute approximate surface area is 153 Å². The first kappa shape index (κ1) is 19.5. The van der Waals surface area contributed by atoms with Crippen LogP contribution in [0.2, 0.25) is 0 Å². The van der Waals surface area contributed by atoms with E-state index in [1.165, 1.54) is 44.8 Å². The SMILES string of the molecule is Cc1cc(C)c(N(CCNCCN)c2c(C)cc(C)cc2C)c(C)c1. The standard InChI is InChI=1S/C22H33N3/c1-15-11-17(3)21(18(4)12-15)25(10-9-24-8-7-23)22-19(5)13-16(2)14-20(22)6/h11-14,24H,7-10,23H2,1-6H3. The molecule has 0 saturated carbocycles. The molecule has 3 N–H and O–H groups in total. The molecule has 0 radical (unpaired) electrons. The van der Waals surface area contributed by atoms with Crippen molar-refractivity contribution in [3.63, 3.8) is 0 Å². The molecule has 3 heteroatoms. The summed E-state index contributed by atoms with van der Waals surface area (Å²) in [5, 5.41) is 3.44. The second-order valence-corrected chi connectivity index (χ2v) is 7.18. The number of benzene rings is 2. The molecule has 25 heavy (non-hydrogen) atoms. The van der Waals surface area contributed by atoms with Crippen LogP contribution < -0.4 is 16.0 Å². The molecular formula is C22H33N3. The molecule has 2 aromatic rings. The molecular weight excluding hydrogens is 306 g/mol. The summed E-state index contributed by atoms with van der Waals surface area (Å²) in [7, 11) is 0. The normalized spacial score (nSPS) is 11.0. The zero-order valence-corrected chi connectivity index (χ0v) is 16.7. The van der Waals surface area contributed by atoms with Crippen molar-refractivity contribution in [2.45, 2.75) is 41.5 Å². The lowest BCUT2D eigenvalue weighted by molar-refractivity contribution is 0.687. The van der Waals surface area contributed by atoms with Crippen molar-refractivity contribution in [2.75, 3.05) is 31.1 Å². The van der Waals surface area contributed by atoms with Gasteiger partial charge in [0.05, 0.1) is 0 Å². The van der Waals surface area contributed by atoms with Gasteiger partial charge >= 0.3 is 0 Å². The summed E-state index contributed by atoms with van der Waals surface area (Å²) >= 11 is 0. The Morgan fingerprint density at radius 2 is 1.12 bits per heavy atom. The van der Waals surface area contributed by atoms with Crippen LogP contribution in [0.5, 0.6) is 0 Å². The second-order valence-electron chi connectivity index (χ2n) is 7.18. The van der Waals surface area contributed by atoms with E-state index in [2.05, 4.69) is 76.0 Å². The van der Waals surface area contributed by atoms with E-state index in [9.17, 15) is 0 Å². The molecule has 136 valence electrons.